The Morgan fingerprint density at radius 3 is 2.50 bits per heavy atom. The molecule has 0 radical (unpaired) electrons. The van der Waals surface area contributed by atoms with Gasteiger partial charge in [-0.25, -0.2) is 0 Å². The van der Waals surface area contributed by atoms with Crippen molar-refractivity contribution in [1.82, 2.24) is 5.32 Å². The van der Waals surface area contributed by atoms with Gasteiger partial charge in [-0.05, 0) is 39.2 Å². The summed E-state index contributed by atoms with van der Waals surface area (Å²) in [6.45, 7) is 5.41. The lowest BCUT2D eigenvalue weighted by molar-refractivity contribution is 0.0260. The van der Waals surface area contributed by atoms with E-state index in [9.17, 15) is 5.11 Å². The van der Waals surface area contributed by atoms with Crippen LogP contribution in [-0.4, -0.2) is 23.3 Å². The number of nitrogens with one attached hydrogen (secondary N) is 1. The minimum Gasteiger partial charge on any atom is -0.390 e. The van der Waals surface area contributed by atoms with Crippen molar-refractivity contribution in [3.63, 3.8) is 0 Å². The molecule has 1 saturated heterocycles. The van der Waals surface area contributed by atoms with Crippen LogP contribution in [0, 0.1) is 0 Å². The van der Waals surface area contributed by atoms with E-state index in [1.54, 1.807) is 0 Å². The molecular formula is C16H33NO. The summed E-state index contributed by atoms with van der Waals surface area (Å²) in [5, 5.41) is 14.0. The second-order valence-corrected chi connectivity index (χ2v) is 6.37. The van der Waals surface area contributed by atoms with Crippen molar-refractivity contribution in [2.24, 2.45) is 0 Å². The van der Waals surface area contributed by atoms with Crippen LogP contribution in [0.5, 0.6) is 0 Å². The van der Waals surface area contributed by atoms with Crippen molar-refractivity contribution in [2.45, 2.75) is 96.1 Å². The SMILES string of the molecule is CCCCCCCCC(C)(O)CC1CCCCN1. The number of hydrogen-bond donors (Lipinski definition) is 2. The lowest BCUT2D eigenvalue weighted by atomic mass is 9.88. The molecule has 0 bridgehead atoms. The van der Waals surface area contributed by atoms with Gasteiger partial charge in [-0.1, -0.05) is 51.9 Å². The molecule has 2 unspecified atom stereocenters. The molecule has 0 aromatic carbocycles. The predicted octanol–water partition coefficient (Wildman–Crippen LogP) is 4.02. The molecule has 1 aliphatic rings. The Bertz CT molecular complexity index is 197. The number of rotatable bonds is 9. The van der Waals surface area contributed by atoms with Gasteiger partial charge >= 0.3 is 0 Å². The summed E-state index contributed by atoms with van der Waals surface area (Å²) in [6.07, 6.45) is 13.6. The first kappa shape index (κ1) is 16.0. The highest BCUT2D eigenvalue weighted by molar-refractivity contribution is 4.82. The van der Waals surface area contributed by atoms with E-state index in [4.69, 9.17) is 0 Å². The number of hydrogen-bond acceptors (Lipinski definition) is 2. The van der Waals surface area contributed by atoms with Crippen molar-refractivity contribution in [3.05, 3.63) is 0 Å². The first-order chi connectivity index (χ1) is 8.64. The summed E-state index contributed by atoms with van der Waals surface area (Å²) < 4.78 is 0. The van der Waals surface area contributed by atoms with Crippen LogP contribution < -0.4 is 5.32 Å². The average molecular weight is 255 g/mol. The third-order valence-corrected chi connectivity index (χ3v) is 4.17. The molecule has 0 spiro atoms. The highest BCUT2D eigenvalue weighted by Crippen LogP contribution is 2.24. The van der Waals surface area contributed by atoms with E-state index < -0.39 is 5.60 Å². The van der Waals surface area contributed by atoms with Gasteiger partial charge in [0.15, 0.2) is 0 Å². The molecule has 0 aliphatic carbocycles. The zero-order valence-electron chi connectivity index (χ0n) is 12.5. The van der Waals surface area contributed by atoms with E-state index in [0.717, 1.165) is 19.4 Å². The van der Waals surface area contributed by atoms with Crippen molar-refractivity contribution in [1.29, 1.82) is 0 Å². The third kappa shape index (κ3) is 7.38. The van der Waals surface area contributed by atoms with Gasteiger partial charge in [0.2, 0.25) is 0 Å². The molecule has 0 amide bonds. The fraction of sp³-hybridized carbons (Fsp3) is 1.00. The van der Waals surface area contributed by atoms with Crippen LogP contribution in [0.4, 0.5) is 0 Å². The smallest absolute Gasteiger partial charge is 0.0634 e. The molecule has 2 N–H and O–H groups in total. The lowest BCUT2D eigenvalue weighted by Crippen LogP contribution is -2.40. The fourth-order valence-corrected chi connectivity index (χ4v) is 3.02. The summed E-state index contributed by atoms with van der Waals surface area (Å²) in [4.78, 5) is 0. The molecule has 18 heavy (non-hydrogen) atoms. The molecule has 2 heteroatoms. The van der Waals surface area contributed by atoms with Crippen LogP contribution in [0.15, 0.2) is 0 Å². The van der Waals surface area contributed by atoms with Crippen molar-refractivity contribution in [3.8, 4) is 0 Å². The second kappa shape index (κ2) is 8.92. The summed E-state index contributed by atoms with van der Waals surface area (Å²) >= 11 is 0. The standard InChI is InChI=1S/C16H33NO/c1-3-4-5-6-7-9-12-16(2,18)14-15-11-8-10-13-17-15/h15,17-18H,3-14H2,1-2H3. The van der Waals surface area contributed by atoms with Gasteiger partial charge in [0.05, 0.1) is 5.60 Å². The molecule has 1 aliphatic heterocycles. The Hall–Kier alpha value is -0.0800. The molecule has 1 rings (SSSR count). The molecule has 1 fully saturated rings. The van der Waals surface area contributed by atoms with Crippen LogP contribution in [-0.2, 0) is 0 Å². The lowest BCUT2D eigenvalue weighted by Gasteiger charge is -2.31. The minimum atomic E-state index is -0.459. The Kier molecular flexibility index (Phi) is 7.92. The van der Waals surface area contributed by atoms with Crippen LogP contribution in [0.1, 0.15) is 84.5 Å². The van der Waals surface area contributed by atoms with E-state index in [-0.39, 0.29) is 0 Å². The van der Waals surface area contributed by atoms with Crippen LogP contribution in [0.2, 0.25) is 0 Å². The van der Waals surface area contributed by atoms with Crippen molar-refractivity contribution in [2.75, 3.05) is 6.54 Å². The summed E-state index contributed by atoms with van der Waals surface area (Å²) in [6, 6.07) is 0.550. The van der Waals surface area contributed by atoms with Gasteiger partial charge in [0, 0.05) is 6.04 Å². The molecule has 108 valence electrons. The number of aliphatic hydroxyl groups is 1. The van der Waals surface area contributed by atoms with E-state index in [0.29, 0.717) is 6.04 Å². The van der Waals surface area contributed by atoms with Gasteiger partial charge in [-0.3, -0.25) is 0 Å². The highest BCUT2D eigenvalue weighted by Gasteiger charge is 2.25. The first-order valence-electron chi connectivity index (χ1n) is 8.10. The monoisotopic (exact) mass is 255 g/mol. The largest absolute Gasteiger partial charge is 0.390 e. The zero-order chi connectivity index (χ0) is 13.3. The molecule has 2 atom stereocenters. The van der Waals surface area contributed by atoms with E-state index in [1.807, 2.05) is 6.92 Å². The Morgan fingerprint density at radius 2 is 1.83 bits per heavy atom. The van der Waals surface area contributed by atoms with Crippen LogP contribution in [0.25, 0.3) is 0 Å². The maximum absolute atomic E-state index is 10.4. The second-order valence-electron chi connectivity index (χ2n) is 6.37. The highest BCUT2D eigenvalue weighted by atomic mass is 16.3. The molecule has 2 nitrogen and oxygen atoms in total. The predicted molar refractivity (Wildman–Crippen MR) is 78.9 cm³/mol. The summed E-state index contributed by atoms with van der Waals surface area (Å²) in [5.41, 5.74) is -0.459. The average Bonchev–Trinajstić information content (AvgIpc) is 2.34. The molecule has 0 aromatic heterocycles. The van der Waals surface area contributed by atoms with E-state index >= 15 is 0 Å². The quantitative estimate of drug-likeness (QED) is 0.610. The van der Waals surface area contributed by atoms with Crippen molar-refractivity contribution < 1.29 is 5.11 Å². The van der Waals surface area contributed by atoms with Gasteiger partial charge in [0.1, 0.15) is 0 Å². The molecular weight excluding hydrogens is 222 g/mol. The molecule has 1 heterocycles. The normalized spacial score (nSPS) is 23.8. The van der Waals surface area contributed by atoms with Gasteiger partial charge < -0.3 is 10.4 Å². The fourth-order valence-electron chi connectivity index (χ4n) is 3.02. The van der Waals surface area contributed by atoms with E-state index in [2.05, 4.69) is 12.2 Å². The van der Waals surface area contributed by atoms with Gasteiger partial charge in [-0.15, -0.1) is 0 Å². The maximum atomic E-state index is 10.4. The van der Waals surface area contributed by atoms with Gasteiger partial charge in [0.25, 0.3) is 0 Å². The Balaban J connectivity index is 2.06. The minimum absolute atomic E-state index is 0.459. The van der Waals surface area contributed by atoms with Crippen LogP contribution in [0.3, 0.4) is 0 Å². The Labute approximate surface area is 114 Å². The summed E-state index contributed by atoms with van der Waals surface area (Å²) in [5.74, 6) is 0. The number of piperidine rings is 1. The first-order valence-corrected chi connectivity index (χ1v) is 8.10. The van der Waals surface area contributed by atoms with Crippen molar-refractivity contribution >= 4 is 0 Å². The maximum Gasteiger partial charge on any atom is 0.0634 e. The Morgan fingerprint density at radius 1 is 1.11 bits per heavy atom. The van der Waals surface area contributed by atoms with Crippen LogP contribution >= 0.6 is 0 Å². The molecule has 0 aromatic rings. The molecule has 0 saturated carbocycles. The van der Waals surface area contributed by atoms with Gasteiger partial charge in [-0.2, -0.15) is 0 Å². The zero-order valence-corrected chi connectivity index (χ0v) is 12.5. The third-order valence-electron chi connectivity index (χ3n) is 4.17. The number of unbranched alkanes of at least 4 members (excludes halogenated alkanes) is 5. The van der Waals surface area contributed by atoms with E-state index in [1.165, 1.54) is 57.8 Å². The topological polar surface area (TPSA) is 32.3 Å². The summed E-state index contributed by atoms with van der Waals surface area (Å²) in [7, 11) is 0.